The van der Waals surface area contributed by atoms with Crippen LogP contribution in [0.4, 0.5) is 0 Å². The summed E-state index contributed by atoms with van der Waals surface area (Å²) < 4.78 is 2.49. The molecule has 13 heavy (non-hydrogen) atoms. The minimum atomic E-state index is -0.921. The van der Waals surface area contributed by atoms with E-state index in [9.17, 15) is 0 Å². The first-order chi connectivity index (χ1) is 6.45. The molecular weight excluding hydrogens is 237 g/mol. The van der Waals surface area contributed by atoms with Crippen LogP contribution in [0.25, 0.3) is 0 Å². The molecule has 2 aromatic rings. The summed E-state index contributed by atoms with van der Waals surface area (Å²) in [4.78, 5) is 8.64. The predicted molar refractivity (Wildman–Crippen MR) is 47.7 cm³/mol. The summed E-state index contributed by atoms with van der Waals surface area (Å²) in [6, 6.07) is 12.2. The molecule has 0 spiro atoms. The zero-order chi connectivity index (χ0) is 8.93. The molecule has 0 fully saturated rings. The topological polar surface area (TPSA) is 25.8 Å². The van der Waals surface area contributed by atoms with Crippen molar-refractivity contribution in [3.63, 3.8) is 0 Å². The molecule has 0 aromatic carbocycles. The van der Waals surface area contributed by atoms with Crippen molar-refractivity contribution in [1.82, 2.24) is 9.97 Å². The van der Waals surface area contributed by atoms with Gasteiger partial charge in [0.05, 0.1) is 0 Å². The van der Waals surface area contributed by atoms with Crippen molar-refractivity contribution < 1.29 is 29.2 Å². The Morgan fingerprint density at radius 3 is 1.69 bits per heavy atom. The fourth-order valence-electron chi connectivity index (χ4n) is 1.07. The third-order valence-corrected chi connectivity index (χ3v) is 4.80. The van der Waals surface area contributed by atoms with E-state index in [1.54, 1.807) is 0 Å². The van der Waals surface area contributed by atoms with E-state index >= 15 is 0 Å². The van der Waals surface area contributed by atoms with Gasteiger partial charge in [-0.25, -0.2) is 0 Å². The summed E-state index contributed by atoms with van der Waals surface area (Å²) in [7, 11) is 0. The van der Waals surface area contributed by atoms with E-state index < -0.39 is 29.2 Å². The number of hydrogen-bond donors (Lipinski definition) is 0. The van der Waals surface area contributed by atoms with Crippen LogP contribution in [0.5, 0.6) is 0 Å². The van der Waals surface area contributed by atoms with Crippen LogP contribution in [-0.2, 0) is 29.2 Å². The molecule has 2 aromatic heterocycles. The van der Waals surface area contributed by atoms with Crippen LogP contribution < -0.4 is 5.01 Å². The molecule has 0 aliphatic carbocycles. The van der Waals surface area contributed by atoms with Crippen LogP contribution in [0.15, 0.2) is 48.8 Å². The molecule has 0 amide bonds. The predicted octanol–water partition coefficient (Wildman–Crippen LogP) is 0.510. The second kappa shape index (κ2) is 4.59. The molecule has 0 N–H and O–H groups in total. The Kier molecular flexibility index (Phi) is 3.17. The van der Waals surface area contributed by atoms with Gasteiger partial charge in [0.25, 0.3) is 0 Å². The molecule has 0 bridgehead atoms. The molecule has 0 aliphatic rings. The average molecular weight is 245 g/mol. The first-order valence-electron chi connectivity index (χ1n) is 4.12. The number of pyridine rings is 2. The molecule has 2 nitrogen and oxygen atoms in total. The number of aromatic nitrogens is 2. The van der Waals surface area contributed by atoms with Crippen LogP contribution in [0.1, 0.15) is 0 Å². The zero-order valence-electron chi connectivity index (χ0n) is 7.09. The molecule has 2 rings (SSSR count). The Morgan fingerprint density at radius 2 is 1.31 bits per heavy atom. The molecule has 0 saturated heterocycles. The van der Waals surface area contributed by atoms with E-state index in [0.717, 1.165) is 0 Å². The van der Waals surface area contributed by atoms with Gasteiger partial charge >= 0.3 is 93.0 Å². The van der Waals surface area contributed by atoms with Gasteiger partial charge in [-0.15, -0.1) is 0 Å². The zero-order valence-corrected chi connectivity index (χ0v) is 9.93. The maximum absolute atomic E-state index is 4.32. The van der Waals surface area contributed by atoms with Crippen molar-refractivity contribution in [2.75, 3.05) is 0 Å². The molecule has 0 saturated carbocycles. The summed E-state index contributed by atoms with van der Waals surface area (Å²) in [6.07, 6.45) is 3.70. The van der Waals surface area contributed by atoms with Crippen LogP contribution >= 0.6 is 0 Å². The van der Waals surface area contributed by atoms with Gasteiger partial charge in [0.15, 0.2) is 0 Å². The van der Waals surface area contributed by atoms with E-state index in [0.29, 0.717) is 0 Å². The van der Waals surface area contributed by atoms with Crippen molar-refractivity contribution >= 4 is 5.01 Å². The van der Waals surface area contributed by atoms with Crippen molar-refractivity contribution in [3.8, 4) is 0 Å². The van der Waals surface area contributed by atoms with Crippen molar-refractivity contribution in [3.05, 3.63) is 48.8 Å². The van der Waals surface area contributed by atoms with Gasteiger partial charge in [-0.2, -0.15) is 0 Å². The summed E-state index contributed by atoms with van der Waals surface area (Å²) in [5.74, 6) is 0. The van der Waals surface area contributed by atoms with Crippen LogP contribution in [0.3, 0.4) is 0 Å². The molecule has 0 radical (unpaired) electrons. The van der Waals surface area contributed by atoms with Gasteiger partial charge in [0, 0.05) is 0 Å². The monoisotopic (exact) mass is 245 g/mol. The van der Waals surface area contributed by atoms with Gasteiger partial charge < -0.3 is 0 Å². The van der Waals surface area contributed by atoms with Gasteiger partial charge in [0.1, 0.15) is 0 Å². The van der Waals surface area contributed by atoms with Gasteiger partial charge in [-0.3, -0.25) is 0 Å². The van der Waals surface area contributed by atoms with Crippen LogP contribution in [0.2, 0.25) is 0 Å². The third kappa shape index (κ3) is 2.68. The fraction of sp³-hybridized carbons (Fsp3) is 0. The van der Waals surface area contributed by atoms with Crippen LogP contribution in [0, 0.1) is 0 Å². The number of hydrogen-bond acceptors (Lipinski definition) is 2. The average Bonchev–Trinajstić information content (AvgIpc) is 2.21. The van der Waals surface area contributed by atoms with E-state index in [4.69, 9.17) is 0 Å². The maximum atomic E-state index is 4.32. The summed E-state index contributed by atoms with van der Waals surface area (Å²) >= 11 is -0.921. The van der Waals surface area contributed by atoms with E-state index in [1.165, 1.54) is 5.01 Å². The van der Waals surface area contributed by atoms with Crippen molar-refractivity contribution in [1.29, 1.82) is 0 Å². The number of nitrogens with zero attached hydrogens (tertiary/aromatic N) is 2. The molecular formula is C10H8N2Y. The Hall–Kier alpha value is -0.596. The van der Waals surface area contributed by atoms with Crippen LogP contribution in [-0.4, -0.2) is 9.97 Å². The molecule has 61 valence electrons. The number of rotatable bonds is 2. The fourth-order valence-corrected chi connectivity index (χ4v) is 3.63. The quantitative estimate of drug-likeness (QED) is 0.770. The minimum absolute atomic E-state index is 0.921. The summed E-state index contributed by atoms with van der Waals surface area (Å²) in [6.45, 7) is 0. The SMILES string of the molecule is c1cc[c]([Y][c]2ccccn2)nc1. The molecule has 2 heterocycles. The van der Waals surface area contributed by atoms with Crippen molar-refractivity contribution in [2.45, 2.75) is 0 Å². The van der Waals surface area contributed by atoms with Gasteiger partial charge in [-0.1, -0.05) is 0 Å². The standard InChI is InChI=1S/2C5H4N.Y/c2*1-2-4-6-5-3-1;/h2*1-4H;. The Balaban J connectivity index is 2.16. The Bertz CT molecular complexity index is 324. The second-order valence-electron chi connectivity index (χ2n) is 2.65. The van der Waals surface area contributed by atoms with E-state index in [1.807, 2.05) is 36.7 Å². The normalized spacial score (nSPS) is 9.23. The first kappa shape index (κ1) is 8.98. The first-order valence-corrected chi connectivity index (χ1v) is 6.96. The van der Waals surface area contributed by atoms with E-state index in [2.05, 4.69) is 22.1 Å². The molecule has 3 heteroatoms. The molecule has 0 unspecified atom stereocenters. The summed E-state index contributed by atoms with van der Waals surface area (Å²) in [5.41, 5.74) is 0. The molecule has 0 atom stereocenters. The van der Waals surface area contributed by atoms with Gasteiger partial charge in [-0.05, 0) is 0 Å². The summed E-state index contributed by atoms with van der Waals surface area (Å²) in [5, 5.41) is 0. The second-order valence-corrected chi connectivity index (χ2v) is 6.27. The Morgan fingerprint density at radius 1 is 0.769 bits per heavy atom. The van der Waals surface area contributed by atoms with E-state index in [-0.39, 0.29) is 0 Å². The third-order valence-electron chi connectivity index (χ3n) is 1.67. The van der Waals surface area contributed by atoms with Gasteiger partial charge in [0.2, 0.25) is 0 Å². The van der Waals surface area contributed by atoms with Crippen molar-refractivity contribution in [2.24, 2.45) is 0 Å². The molecule has 0 aliphatic heterocycles. The Labute approximate surface area is 92.4 Å².